The molecule has 0 saturated heterocycles. The lowest BCUT2D eigenvalue weighted by atomic mass is 10.0. The lowest BCUT2D eigenvalue weighted by molar-refractivity contribution is -0.120. The van der Waals surface area contributed by atoms with Gasteiger partial charge in [-0.2, -0.15) is 0 Å². The number of hydrogen-bond donors (Lipinski definition) is 2. The van der Waals surface area contributed by atoms with Gasteiger partial charge in [-0.15, -0.1) is 0 Å². The molecular weight excluding hydrogens is 365 g/mol. The highest BCUT2D eigenvalue weighted by molar-refractivity contribution is 6.35. The van der Waals surface area contributed by atoms with Gasteiger partial charge in [0.2, 0.25) is 5.91 Å². The van der Waals surface area contributed by atoms with Crippen LogP contribution in [0.25, 0.3) is 0 Å². The van der Waals surface area contributed by atoms with Gasteiger partial charge in [-0.3, -0.25) is 10.1 Å². The highest BCUT2D eigenvalue weighted by Crippen LogP contribution is 2.32. The van der Waals surface area contributed by atoms with Gasteiger partial charge in [0, 0.05) is 11.4 Å². The van der Waals surface area contributed by atoms with Crippen LogP contribution >= 0.6 is 23.2 Å². The number of ether oxygens (including phenoxy) is 1. The van der Waals surface area contributed by atoms with Gasteiger partial charge in [0.05, 0.1) is 5.02 Å². The molecule has 0 unspecified atom stereocenters. The zero-order chi connectivity index (χ0) is 18.4. The fourth-order valence-corrected chi connectivity index (χ4v) is 2.80. The highest BCUT2D eigenvalue weighted by Gasteiger charge is 2.10. The molecular formula is C18H17Cl2NO4. The number of benzene rings is 2. The summed E-state index contributed by atoms with van der Waals surface area (Å²) in [5, 5.41) is 11.3. The van der Waals surface area contributed by atoms with Crippen molar-refractivity contribution in [2.24, 2.45) is 0 Å². The highest BCUT2D eigenvalue weighted by atomic mass is 35.5. The third-order valence-corrected chi connectivity index (χ3v) is 4.08. The van der Waals surface area contributed by atoms with E-state index in [4.69, 9.17) is 33.0 Å². The minimum atomic E-state index is -1.34. The molecule has 0 bridgehead atoms. The molecule has 0 radical (unpaired) electrons. The Balaban J connectivity index is 2.10. The number of aryl methyl sites for hydroxylation is 2. The molecule has 2 aromatic carbocycles. The monoisotopic (exact) mass is 381 g/mol. The van der Waals surface area contributed by atoms with E-state index in [0.29, 0.717) is 28.0 Å². The first-order valence-electron chi connectivity index (χ1n) is 7.66. The smallest absolute Gasteiger partial charge is 0.411 e. The maximum atomic E-state index is 11.5. The zero-order valence-electron chi connectivity index (χ0n) is 13.5. The standard InChI is InChI=1S/C18H17Cl2NO4/c1-2-11-9-14(25-16-7-5-13(19)10-15(16)20)6-3-12(11)4-8-17(22)21-18(23)24/h3,5-7,9-10H,2,4,8H2,1H3,(H,21,22)(H,23,24). The lowest BCUT2D eigenvalue weighted by Gasteiger charge is -2.12. The molecule has 25 heavy (non-hydrogen) atoms. The van der Waals surface area contributed by atoms with Gasteiger partial charge in [0.1, 0.15) is 11.5 Å². The molecule has 0 aliphatic carbocycles. The van der Waals surface area contributed by atoms with Crippen LogP contribution in [0.1, 0.15) is 24.5 Å². The van der Waals surface area contributed by atoms with Crippen LogP contribution in [0.15, 0.2) is 36.4 Å². The van der Waals surface area contributed by atoms with E-state index in [1.54, 1.807) is 24.3 Å². The first kappa shape index (κ1) is 19.1. The Morgan fingerprint density at radius 1 is 1.12 bits per heavy atom. The Hall–Kier alpha value is -2.24. The van der Waals surface area contributed by atoms with Crippen molar-refractivity contribution in [2.75, 3.05) is 0 Å². The topological polar surface area (TPSA) is 75.6 Å². The van der Waals surface area contributed by atoms with Gasteiger partial charge in [0.25, 0.3) is 0 Å². The number of carboxylic acid groups (broad SMARTS) is 1. The van der Waals surface area contributed by atoms with E-state index in [1.165, 1.54) is 0 Å². The second kappa shape index (κ2) is 8.74. The van der Waals surface area contributed by atoms with Crippen molar-refractivity contribution in [3.8, 4) is 11.5 Å². The molecule has 2 N–H and O–H groups in total. The summed E-state index contributed by atoms with van der Waals surface area (Å²) in [5.74, 6) is 0.601. The van der Waals surface area contributed by atoms with Gasteiger partial charge < -0.3 is 9.84 Å². The summed E-state index contributed by atoms with van der Waals surface area (Å²) in [7, 11) is 0. The van der Waals surface area contributed by atoms with E-state index < -0.39 is 12.0 Å². The summed E-state index contributed by atoms with van der Waals surface area (Å²) >= 11 is 12.0. The van der Waals surface area contributed by atoms with Crippen LogP contribution in [0.5, 0.6) is 11.5 Å². The predicted octanol–water partition coefficient (Wildman–Crippen LogP) is 5.07. The van der Waals surface area contributed by atoms with Crippen molar-refractivity contribution in [1.29, 1.82) is 0 Å². The average molecular weight is 382 g/mol. The molecule has 0 heterocycles. The number of rotatable bonds is 6. The van der Waals surface area contributed by atoms with Crippen LogP contribution in [-0.4, -0.2) is 17.1 Å². The second-order valence-corrected chi connectivity index (χ2v) is 6.16. The van der Waals surface area contributed by atoms with Crippen molar-refractivity contribution >= 4 is 35.2 Å². The molecule has 7 heteroatoms. The van der Waals surface area contributed by atoms with Crippen LogP contribution in [0.4, 0.5) is 4.79 Å². The summed E-state index contributed by atoms with van der Waals surface area (Å²) in [6, 6.07) is 10.5. The molecule has 132 valence electrons. The molecule has 0 atom stereocenters. The van der Waals surface area contributed by atoms with E-state index in [2.05, 4.69) is 0 Å². The normalized spacial score (nSPS) is 10.4. The Kier molecular flexibility index (Phi) is 6.67. The fraction of sp³-hybridized carbons (Fsp3) is 0.222. The molecule has 0 spiro atoms. The van der Waals surface area contributed by atoms with E-state index in [1.807, 2.05) is 24.4 Å². The molecule has 2 aromatic rings. The molecule has 5 nitrogen and oxygen atoms in total. The Morgan fingerprint density at radius 2 is 1.88 bits per heavy atom. The third-order valence-electron chi connectivity index (χ3n) is 3.55. The van der Waals surface area contributed by atoms with Crippen molar-refractivity contribution < 1.29 is 19.4 Å². The molecule has 0 fully saturated rings. The van der Waals surface area contributed by atoms with Crippen molar-refractivity contribution in [3.05, 3.63) is 57.6 Å². The summed E-state index contributed by atoms with van der Waals surface area (Å²) < 4.78 is 5.79. The predicted molar refractivity (Wildman–Crippen MR) is 96.8 cm³/mol. The number of amides is 2. The van der Waals surface area contributed by atoms with Gasteiger partial charge in [-0.25, -0.2) is 4.79 Å². The van der Waals surface area contributed by atoms with Crippen LogP contribution in [0.2, 0.25) is 10.0 Å². The van der Waals surface area contributed by atoms with Crippen LogP contribution in [0, 0.1) is 0 Å². The number of hydrogen-bond acceptors (Lipinski definition) is 3. The second-order valence-electron chi connectivity index (χ2n) is 5.31. The molecule has 2 amide bonds. The number of nitrogens with one attached hydrogen (secondary N) is 1. The summed E-state index contributed by atoms with van der Waals surface area (Å²) in [6.07, 6.45) is -0.0434. The summed E-state index contributed by atoms with van der Waals surface area (Å²) in [6.45, 7) is 2.00. The number of carbonyl (C=O) groups excluding carboxylic acids is 1. The molecule has 0 saturated carbocycles. The largest absolute Gasteiger partial charge is 0.465 e. The zero-order valence-corrected chi connectivity index (χ0v) is 15.0. The van der Waals surface area contributed by atoms with Crippen LogP contribution < -0.4 is 10.1 Å². The SMILES string of the molecule is CCc1cc(Oc2ccc(Cl)cc2Cl)ccc1CCC(=O)NC(=O)O. The molecule has 0 aliphatic heterocycles. The summed E-state index contributed by atoms with van der Waals surface area (Å²) in [5.41, 5.74) is 1.99. The Bertz CT molecular complexity index is 793. The minimum Gasteiger partial charge on any atom is -0.465 e. The average Bonchev–Trinajstić information content (AvgIpc) is 2.55. The number of carbonyl (C=O) groups is 2. The summed E-state index contributed by atoms with van der Waals surface area (Å²) in [4.78, 5) is 21.9. The van der Waals surface area contributed by atoms with Crippen LogP contribution in [-0.2, 0) is 17.6 Å². The first-order valence-corrected chi connectivity index (χ1v) is 8.42. The maximum Gasteiger partial charge on any atom is 0.411 e. The van der Waals surface area contributed by atoms with E-state index >= 15 is 0 Å². The first-order chi connectivity index (χ1) is 11.9. The van der Waals surface area contributed by atoms with Gasteiger partial charge in [-0.05, 0) is 54.3 Å². The van der Waals surface area contributed by atoms with Crippen molar-refractivity contribution in [2.45, 2.75) is 26.2 Å². The minimum absolute atomic E-state index is 0.0997. The number of halogens is 2. The lowest BCUT2D eigenvalue weighted by Crippen LogP contribution is -2.28. The number of imide groups is 1. The van der Waals surface area contributed by atoms with Gasteiger partial charge >= 0.3 is 6.09 Å². The van der Waals surface area contributed by atoms with Gasteiger partial charge in [-0.1, -0.05) is 36.2 Å². The van der Waals surface area contributed by atoms with E-state index in [0.717, 1.165) is 17.5 Å². The quantitative estimate of drug-likeness (QED) is 0.731. The van der Waals surface area contributed by atoms with E-state index in [-0.39, 0.29) is 6.42 Å². The molecule has 0 aliphatic rings. The molecule has 2 rings (SSSR count). The van der Waals surface area contributed by atoms with Crippen LogP contribution in [0.3, 0.4) is 0 Å². The van der Waals surface area contributed by atoms with Gasteiger partial charge in [0.15, 0.2) is 0 Å². The maximum absolute atomic E-state index is 11.5. The van der Waals surface area contributed by atoms with Crippen molar-refractivity contribution in [3.63, 3.8) is 0 Å². The Morgan fingerprint density at radius 3 is 2.52 bits per heavy atom. The third kappa shape index (κ3) is 5.66. The fourth-order valence-electron chi connectivity index (χ4n) is 2.35. The Labute approximate surface area is 155 Å². The molecule has 0 aromatic heterocycles. The van der Waals surface area contributed by atoms with E-state index in [9.17, 15) is 9.59 Å². The van der Waals surface area contributed by atoms with Crippen molar-refractivity contribution in [1.82, 2.24) is 5.32 Å².